The van der Waals surface area contributed by atoms with E-state index < -0.39 is 11.6 Å². The lowest BCUT2D eigenvalue weighted by atomic mass is 9.97. The van der Waals surface area contributed by atoms with Gasteiger partial charge in [0.05, 0.1) is 0 Å². The highest BCUT2D eigenvalue weighted by molar-refractivity contribution is 5.23. The summed E-state index contributed by atoms with van der Waals surface area (Å²) in [6.07, 6.45) is 0.992. The first-order valence-corrected chi connectivity index (χ1v) is 6.66. The SMILES string of the molecule is CCC(C)(C)N(C)CC(NC)c1cccc(F)c1F. The van der Waals surface area contributed by atoms with Crippen LogP contribution in [0.5, 0.6) is 0 Å². The van der Waals surface area contributed by atoms with Crippen molar-refractivity contribution in [1.29, 1.82) is 0 Å². The molecule has 0 aliphatic carbocycles. The third-order valence-electron chi connectivity index (χ3n) is 4.06. The first-order chi connectivity index (χ1) is 8.83. The van der Waals surface area contributed by atoms with Crippen LogP contribution in [0.4, 0.5) is 8.78 Å². The zero-order valence-electron chi connectivity index (χ0n) is 12.4. The van der Waals surface area contributed by atoms with Gasteiger partial charge in [-0.25, -0.2) is 8.78 Å². The summed E-state index contributed by atoms with van der Waals surface area (Å²) < 4.78 is 27.1. The Bertz CT molecular complexity index is 419. The second kappa shape index (κ2) is 6.44. The van der Waals surface area contributed by atoms with Crippen LogP contribution in [0, 0.1) is 11.6 Å². The van der Waals surface area contributed by atoms with Crippen LogP contribution < -0.4 is 5.32 Å². The summed E-state index contributed by atoms with van der Waals surface area (Å²) in [6, 6.07) is 4.09. The molecule has 4 heteroatoms. The van der Waals surface area contributed by atoms with E-state index in [9.17, 15) is 8.78 Å². The van der Waals surface area contributed by atoms with Crippen molar-refractivity contribution in [2.24, 2.45) is 0 Å². The highest BCUT2D eigenvalue weighted by Crippen LogP contribution is 2.23. The summed E-state index contributed by atoms with van der Waals surface area (Å²) in [6.45, 7) is 7.02. The molecular weight excluding hydrogens is 246 g/mol. The Morgan fingerprint density at radius 1 is 1.32 bits per heavy atom. The number of hydrogen-bond donors (Lipinski definition) is 1. The average molecular weight is 270 g/mol. The van der Waals surface area contributed by atoms with Crippen molar-refractivity contribution in [2.45, 2.75) is 38.8 Å². The molecule has 1 atom stereocenters. The summed E-state index contributed by atoms with van der Waals surface area (Å²) in [5.74, 6) is -1.56. The monoisotopic (exact) mass is 270 g/mol. The Morgan fingerprint density at radius 2 is 1.95 bits per heavy atom. The highest BCUT2D eigenvalue weighted by Gasteiger charge is 2.25. The van der Waals surface area contributed by atoms with E-state index in [4.69, 9.17) is 0 Å². The van der Waals surface area contributed by atoms with Crippen LogP contribution in [0.25, 0.3) is 0 Å². The molecule has 0 saturated carbocycles. The molecule has 0 radical (unpaired) electrons. The standard InChI is InChI=1S/C15H24F2N2/c1-6-15(2,3)19(5)10-13(18-4)11-8-7-9-12(16)14(11)17/h7-9,13,18H,6,10H2,1-5H3. The smallest absolute Gasteiger partial charge is 0.163 e. The summed E-state index contributed by atoms with van der Waals surface area (Å²) in [5, 5.41) is 3.07. The minimum absolute atomic E-state index is 0.0267. The highest BCUT2D eigenvalue weighted by atomic mass is 19.2. The normalized spacial score (nSPS) is 13.9. The lowest BCUT2D eigenvalue weighted by molar-refractivity contribution is 0.136. The Hall–Kier alpha value is -1.00. The molecule has 0 amide bonds. The largest absolute Gasteiger partial charge is 0.312 e. The topological polar surface area (TPSA) is 15.3 Å². The molecule has 0 heterocycles. The van der Waals surface area contributed by atoms with Gasteiger partial charge in [0.2, 0.25) is 0 Å². The Morgan fingerprint density at radius 3 is 2.47 bits per heavy atom. The molecular formula is C15H24F2N2. The molecule has 0 saturated heterocycles. The summed E-state index contributed by atoms with van der Waals surface area (Å²) in [5.41, 5.74) is 0.403. The van der Waals surface area contributed by atoms with E-state index >= 15 is 0 Å². The number of benzene rings is 1. The first-order valence-electron chi connectivity index (χ1n) is 6.66. The minimum Gasteiger partial charge on any atom is -0.312 e. The van der Waals surface area contributed by atoms with Gasteiger partial charge >= 0.3 is 0 Å². The summed E-state index contributed by atoms with van der Waals surface area (Å²) >= 11 is 0. The maximum atomic E-state index is 13.8. The molecule has 1 unspecified atom stereocenters. The van der Waals surface area contributed by atoms with Gasteiger partial charge in [-0.15, -0.1) is 0 Å². The molecule has 0 fully saturated rings. The van der Waals surface area contributed by atoms with Gasteiger partial charge in [-0.05, 0) is 40.4 Å². The number of nitrogens with zero attached hydrogens (tertiary/aromatic N) is 1. The van der Waals surface area contributed by atoms with E-state index in [0.717, 1.165) is 12.5 Å². The van der Waals surface area contributed by atoms with Crippen LogP contribution in [0.1, 0.15) is 38.8 Å². The Kier molecular flexibility index (Phi) is 5.44. The fourth-order valence-corrected chi connectivity index (χ4v) is 1.93. The third kappa shape index (κ3) is 3.74. The van der Waals surface area contributed by atoms with Crippen molar-refractivity contribution in [3.8, 4) is 0 Å². The summed E-state index contributed by atoms with van der Waals surface area (Å²) in [7, 11) is 3.77. The van der Waals surface area contributed by atoms with Crippen molar-refractivity contribution < 1.29 is 8.78 Å². The third-order valence-corrected chi connectivity index (χ3v) is 4.06. The lowest BCUT2D eigenvalue weighted by Gasteiger charge is -2.37. The number of likely N-dealkylation sites (N-methyl/N-ethyl adjacent to an activating group) is 2. The number of rotatable bonds is 6. The molecule has 0 aliphatic rings. The fraction of sp³-hybridized carbons (Fsp3) is 0.600. The molecule has 0 aliphatic heterocycles. The van der Waals surface area contributed by atoms with Crippen LogP contribution in [0.3, 0.4) is 0 Å². The van der Waals surface area contributed by atoms with Gasteiger partial charge in [-0.1, -0.05) is 19.1 Å². The quantitative estimate of drug-likeness (QED) is 0.853. The predicted octanol–water partition coefficient (Wildman–Crippen LogP) is 3.35. The number of halogens is 2. The molecule has 0 bridgehead atoms. The van der Waals surface area contributed by atoms with Crippen LogP contribution in [-0.2, 0) is 0 Å². The van der Waals surface area contributed by atoms with Gasteiger partial charge in [-0.3, -0.25) is 4.90 Å². The van der Waals surface area contributed by atoms with E-state index in [2.05, 4.69) is 31.0 Å². The lowest BCUT2D eigenvalue weighted by Crippen LogP contribution is -2.44. The van der Waals surface area contributed by atoms with Crippen LogP contribution in [-0.4, -0.2) is 31.1 Å². The van der Waals surface area contributed by atoms with Crippen LogP contribution in [0.2, 0.25) is 0 Å². The molecule has 1 aromatic rings. The minimum atomic E-state index is -0.796. The second-order valence-electron chi connectivity index (χ2n) is 5.53. The second-order valence-corrected chi connectivity index (χ2v) is 5.53. The van der Waals surface area contributed by atoms with Gasteiger partial charge in [0.25, 0.3) is 0 Å². The molecule has 0 aromatic heterocycles. The van der Waals surface area contributed by atoms with E-state index in [0.29, 0.717) is 12.1 Å². The van der Waals surface area contributed by atoms with Crippen molar-refractivity contribution >= 4 is 0 Å². The average Bonchev–Trinajstić information content (AvgIpc) is 2.39. The maximum absolute atomic E-state index is 13.8. The van der Waals surface area contributed by atoms with Gasteiger partial charge < -0.3 is 5.32 Å². The van der Waals surface area contributed by atoms with Crippen molar-refractivity contribution in [3.63, 3.8) is 0 Å². The molecule has 108 valence electrons. The molecule has 0 spiro atoms. The van der Waals surface area contributed by atoms with Gasteiger partial charge in [0.15, 0.2) is 11.6 Å². The Balaban J connectivity index is 2.93. The Labute approximate surface area is 114 Å². The van der Waals surface area contributed by atoms with E-state index in [1.54, 1.807) is 19.2 Å². The maximum Gasteiger partial charge on any atom is 0.163 e. The summed E-state index contributed by atoms with van der Waals surface area (Å²) in [4.78, 5) is 2.17. The van der Waals surface area contributed by atoms with E-state index in [-0.39, 0.29) is 11.6 Å². The van der Waals surface area contributed by atoms with Crippen molar-refractivity contribution in [1.82, 2.24) is 10.2 Å². The molecule has 1 N–H and O–H groups in total. The molecule has 19 heavy (non-hydrogen) atoms. The zero-order valence-corrected chi connectivity index (χ0v) is 12.4. The zero-order chi connectivity index (χ0) is 14.6. The molecule has 2 nitrogen and oxygen atoms in total. The molecule has 1 rings (SSSR count). The number of hydrogen-bond acceptors (Lipinski definition) is 2. The van der Waals surface area contributed by atoms with E-state index in [1.165, 1.54) is 0 Å². The van der Waals surface area contributed by atoms with E-state index in [1.807, 2.05) is 7.05 Å². The van der Waals surface area contributed by atoms with Crippen molar-refractivity contribution in [3.05, 3.63) is 35.4 Å². The number of nitrogens with one attached hydrogen (secondary N) is 1. The van der Waals surface area contributed by atoms with Crippen LogP contribution >= 0.6 is 0 Å². The van der Waals surface area contributed by atoms with Gasteiger partial charge in [0.1, 0.15) is 0 Å². The molecule has 1 aromatic carbocycles. The first kappa shape index (κ1) is 16.1. The van der Waals surface area contributed by atoms with Crippen LogP contribution in [0.15, 0.2) is 18.2 Å². The fourth-order valence-electron chi connectivity index (χ4n) is 1.93. The van der Waals surface area contributed by atoms with Gasteiger partial charge in [-0.2, -0.15) is 0 Å². The predicted molar refractivity (Wildman–Crippen MR) is 75.2 cm³/mol. The van der Waals surface area contributed by atoms with Gasteiger partial charge in [0, 0.05) is 23.7 Å². The van der Waals surface area contributed by atoms with Crippen molar-refractivity contribution in [2.75, 3.05) is 20.6 Å².